The van der Waals surface area contributed by atoms with Gasteiger partial charge in [0.05, 0.1) is 17.6 Å². The van der Waals surface area contributed by atoms with Crippen molar-refractivity contribution in [2.75, 3.05) is 13.7 Å². The number of fused-ring (bicyclic) bond motifs is 2. The van der Waals surface area contributed by atoms with Crippen LogP contribution in [-0.2, 0) is 14.8 Å². The third-order valence-corrected chi connectivity index (χ3v) is 7.12. The predicted molar refractivity (Wildman–Crippen MR) is 91.2 cm³/mol. The van der Waals surface area contributed by atoms with Gasteiger partial charge in [0.2, 0.25) is 10.0 Å². The number of sulfonamides is 1. The van der Waals surface area contributed by atoms with Crippen molar-refractivity contribution in [2.45, 2.75) is 51.0 Å². The minimum absolute atomic E-state index is 0.0272. The topological polar surface area (TPSA) is 63.7 Å². The smallest absolute Gasteiger partial charge is 0.337 e. The Kier molecular flexibility index (Phi) is 4.04. The summed E-state index contributed by atoms with van der Waals surface area (Å²) in [5.41, 5.74) is 0.433. The highest BCUT2D eigenvalue weighted by atomic mass is 32.2. The summed E-state index contributed by atoms with van der Waals surface area (Å²) in [5, 5.41) is 0. The maximum absolute atomic E-state index is 13.2. The Morgan fingerprint density at radius 2 is 1.96 bits per heavy atom. The SMILES string of the molecule is COC(=O)c1cccc(S(=O)(=O)N2C[C@@]3(C)C[C@H]2CC(C)(C)C3)c1. The molecule has 0 N–H and O–H groups in total. The molecule has 2 fully saturated rings. The Labute approximate surface area is 144 Å². The summed E-state index contributed by atoms with van der Waals surface area (Å²) in [4.78, 5) is 11.9. The van der Waals surface area contributed by atoms with E-state index in [1.807, 2.05) is 0 Å². The average Bonchev–Trinajstić information content (AvgIpc) is 2.76. The molecule has 5 nitrogen and oxygen atoms in total. The van der Waals surface area contributed by atoms with E-state index in [1.165, 1.54) is 13.2 Å². The number of hydrogen-bond donors (Lipinski definition) is 0. The molecule has 1 saturated carbocycles. The zero-order valence-corrected chi connectivity index (χ0v) is 15.5. The van der Waals surface area contributed by atoms with E-state index in [2.05, 4.69) is 20.8 Å². The van der Waals surface area contributed by atoms with E-state index in [0.29, 0.717) is 6.54 Å². The summed E-state index contributed by atoms with van der Waals surface area (Å²) in [6, 6.07) is 6.16. The third kappa shape index (κ3) is 2.97. The first-order valence-corrected chi connectivity index (χ1v) is 9.71. The van der Waals surface area contributed by atoms with Crippen molar-refractivity contribution in [2.24, 2.45) is 10.8 Å². The number of benzene rings is 1. The molecule has 0 spiro atoms. The largest absolute Gasteiger partial charge is 0.465 e. The van der Waals surface area contributed by atoms with Gasteiger partial charge in [-0.1, -0.05) is 26.8 Å². The second-order valence-electron chi connectivity index (χ2n) is 8.28. The lowest BCUT2D eigenvalue weighted by atomic mass is 9.65. The highest BCUT2D eigenvalue weighted by Crippen LogP contribution is 2.53. The molecule has 2 atom stereocenters. The summed E-state index contributed by atoms with van der Waals surface area (Å²) in [6.45, 7) is 7.16. The molecule has 132 valence electrons. The Morgan fingerprint density at radius 1 is 1.25 bits per heavy atom. The fraction of sp³-hybridized carbons (Fsp3) is 0.611. The molecule has 1 heterocycles. The van der Waals surface area contributed by atoms with Crippen LogP contribution in [0.1, 0.15) is 50.4 Å². The minimum atomic E-state index is -3.62. The number of hydrogen-bond acceptors (Lipinski definition) is 4. The number of carbonyl (C=O) groups excluding carboxylic acids is 1. The van der Waals surface area contributed by atoms with E-state index >= 15 is 0 Å². The van der Waals surface area contributed by atoms with Gasteiger partial charge in [0.25, 0.3) is 0 Å². The van der Waals surface area contributed by atoms with Gasteiger partial charge in [0.1, 0.15) is 0 Å². The molecule has 6 heteroatoms. The summed E-state index contributed by atoms with van der Waals surface area (Å²) in [5.74, 6) is -0.527. The number of ether oxygens (including phenoxy) is 1. The normalized spacial score (nSPS) is 29.4. The lowest BCUT2D eigenvalue weighted by Gasteiger charge is -2.39. The first-order chi connectivity index (χ1) is 11.1. The van der Waals surface area contributed by atoms with Crippen LogP contribution in [0.5, 0.6) is 0 Å². The highest BCUT2D eigenvalue weighted by molar-refractivity contribution is 7.89. The van der Waals surface area contributed by atoms with Crippen LogP contribution in [0.25, 0.3) is 0 Å². The Bertz CT molecular complexity index is 771. The van der Waals surface area contributed by atoms with Crippen LogP contribution in [0.4, 0.5) is 0 Å². The maximum atomic E-state index is 13.2. The van der Waals surface area contributed by atoms with Crippen molar-refractivity contribution in [3.8, 4) is 0 Å². The van der Waals surface area contributed by atoms with Gasteiger partial charge in [0.15, 0.2) is 0 Å². The quantitative estimate of drug-likeness (QED) is 0.785. The standard InChI is InChI=1S/C18H25NO4S/c1-17(2)9-14-10-18(3,11-17)12-19(14)24(21,22)15-7-5-6-13(8-15)16(20)23-4/h5-8,14H,9-12H2,1-4H3/t14-,18+/m1/s1. The van der Waals surface area contributed by atoms with Crippen molar-refractivity contribution in [1.29, 1.82) is 0 Å². The van der Waals surface area contributed by atoms with Crippen molar-refractivity contribution >= 4 is 16.0 Å². The van der Waals surface area contributed by atoms with E-state index < -0.39 is 16.0 Å². The van der Waals surface area contributed by atoms with Crippen molar-refractivity contribution < 1.29 is 17.9 Å². The van der Waals surface area contributed by atoms with E-state index in [9.17, 15) is 13.2 Å². The molecule has 0 radical (unpaired) electrons. The van der Waals surface area contributed by atoms with Gasteiger partial charge in [-0.25, -0.2) is 13.2 Å². The van der Waals surface area contributed by atoms with Gasteiger partial charge >= 0.3 is 5.97 Å². The molecule has 2 bridgehead atoms. The van der Waals surface area contributed by atoms with Crippen LogP contribution in [0, 0.1) is 10.8 Å². The fourth-order valence-electron chi connectivity index (χ4n) is 4.73. The van der Waals surface area contributed by atoms with Crippen LogP contribution in [0.3, 0.4) is 0 Å². The summed E-state index contributed by atoms with van der Waals surface area (Å²) in [7, 11) is -2.33. The van der Waals surface area contributed by atoms with E-state index in [4.69, 9.17) is 4.74 Å². The fourth-order valence-corrected chi connectivity index (χ4v) is 6.55. The van der Waals surface area contributed by atoms with Gasteiger partial charge < -0.3 is 4.74 Å². The number of methoxy groups -OCH3 is 1. The van der Waals surface area contributed by atoms with Crippen LogP contribution in [0.2, 0.25) is 0 Å². The zero-order valence-electron chi connectivity index (χ0n) is 14.7. The molecule has 0 amide bonds. The molecule has 1 aromatic rings. The number of nitrogens with zero attached hydrogens (tertiary/aromatic N) is 1. The van der Waals surface area contributed by atoms with Gasteiger partial charge in [-0.3, -0.25) is 0 Å². The maximum Gasteiger partial charge on any atom is 0.337 e. The van der Waals surface area contributed by atoms with Crippen LogP contribution < -0.4 is 0 Å². The predicted octanol–water partition coefficient (Wildman–Crippen LogP) is 3.06. The molecule has 0 unspecified atom stereocenters. The summed E-state index contributed by atoms with van der Waals surface area (Å²) < 4.78 is 32.7. The average molecular weight is 351 g/mol. The number of rotatable bonds is 3. The minimum Gasteiger partial charge on any atom is -0.465 e. The lowest BCUT2D eigenvalue weighted by molar-refractivity contribution is 0.0600. The van der Waals surface area contributed by atoms with Gasteiger partial charge in [-0.05, 0) is 48.3 Å². The third-order valence-electron chi connectivity index (χ3n) is 5.23. The molecule has 1 aliphatic carbocycles. The first-order valence-electron chi connectivity index (χ1n) is 8.27. The molecule has 24 heavy (non-hydrogen) atoms. The second kappa shape index (κ2) is 5.56. The van der Waals surface area contributed by atoms with E-state index in [1.54, 1.807) is 22.5 Å². The monoisotopic (exact) mass is 351 g/mol. The van der Waals surface area contributed by atoms with E-state index in [0.717, 1.165) is 19.3 Å². The number of carbonyl (C=O) groups is 1. The molecule has 1 saturated heterocycles. The first kappa shape index (κ1) is 17.4. The van der Waals surface area contributed by atoms with Crippen LogP contribution in [-0.4, -0.2) is 38.4 Å². The van der Waals surface area contributed by atoms with Crippen LogP contribution in [0.15, 0.2) is 29.2 Å². The summed E-state index contributed by atoms with van der Waals surface area (Å²) >= 11 is 0. The van der Waals surface area contributed by atoms with Crippen molar-refractivity contribution in [1.82, 2.24) is 4.31 Å². The zero-order chi connectivity index (χ0) is 17.8. The number of esters is 1. The Balaban J connectivity index is 1.96. The van der Waals surface area contributed by atoms with E-state index in [-0.39, 0.29) is 27.3 Å². The van der Waals surface area contributed by atoms with Crippen LogP contribution >= 0.6 is 0 Å². The summed E-state index contributed by atoms with van der Waals surface area (Å²) in [6.07, 6.45) is 2.82. The van der Waals surface area contributed by atoms with Crippen molar-refractivity contribution in [3.05, 3.63) is 29.8 Å². The lowest BCUT2D eigenvalue weighted by Crippen LogP contribution is -2.37. The molecule has 3 rings (SSSR count). The molecular weight excluding hydrogens is 326 g/mol. The Hall–Kier alpha value is -1.40. The second-order valence-corrected chi connectivity index (χ2v) is 10.2. The van der Waals surface area contributed by atoms with Gasteiger partial charge in [-0.2, -0.15) is 4.31 Å². The molecular formula is C18H25NO4S. The molecule has 2 aliphatic rings. The van der Waals surface area contributed by atoms with Crippen molar-refractivity contribution in [3.63, 3.8) is 0 Å². The van der Waals surface area contributed by atoms with Gasteiger partial charge in [0, 0.05) is 12.6 Å². The van der Waals surface area contributed by atoms with Gasteiger partial charge in [-0.15, -0.1) is 0 Å². The molecule has 0 aromatic heterocycles. The Morgan fingerprint density at radius 3 is 2.62 bits per heavy atom. The highest BCUT2D eigenvalue weighted by Gasteiger charge is 2.53. The molecule has 1 aromatic carbocycles. The molecule has 1 aliphatic heterocycles.